The van der Waals surface area contributed by atoms with Crippen LogP contribution in [0.1, 0.15) is 39.5 Å². The van der Waals surface area contributed by atoms with E-state index in [2.05, 4.69) is 64.7 Å². The highest BCUT2D eigenvalue weighted by molar-refractivity contribution is 5.80. The summed E-state index contributed by atoms with van der Waals surface area (Å²) in [5.41, 5.74) is 1.32. The second-order valence-corrected chi connectivity index (χ2v) is 7.08. The molecule has 0 bridgehead atoms. The van der Waals surface area contributed by atoms with Gasteiger partial charge in [-0.05, 0) is 38.3 Å². The largest absolute Gasteiger partial charge is 0.379 e. The van der Waals surface area contributed by atoms with Crippen LogP contribution in [-0.4, -0.2) is 64.6 Å². The van der Waals surface area contributed by atoms with Gasteiger partial charge in [0, 0.05) is 38.0 Å². The van der Waals surface area contributed by atoms with E-state index in [0.717, 1.165) is 51.5 Å². The summed E-state index contributed by atoms with van der Waals surface area (Å²) in [4.78, 5) is 7.10. The molecule has 1 fully saturated rings. The summed E-state index contributed by atoms with van der Waals surface area (Å²) in [6, 6.07) is 11.1. The van der Waals surface area contributed by atoms with E-state index in [0.29, 0.717) is 32.4 Å². The summed E-state index contributed by atoms with van der Waals surface area (Å²) in [5.74, 6) is 0.892. The SMILES string of the molecule is CCCCOCCOCCN=C(NCC)NC1CCN(c2ccccc2)CC1. The van der Waals surface area contributed by atoms with E-state index in [1.54, 1.807) is 0 Å². The molecule has 28 heavy (non-hydrogen) atoms. The molecule has 1 heterocycles. The molecule has 0 radical (unpaired) electrons. The Morgan fingerprint density at radius 2 is 1.75 bits per heavy atom. The van der Waals surface area contributed by atoms with Crippen molar-refractivity contribution in [2.24, 2.45) is 4.99 Å². The number of para-hydroxylation sites is 1. The second-order valence-electron chi connectivity index (χ2n) is 7.08. The molecule has 158 valence electrons. The molecule has 1 saturated heterocycles. The zero-order valence-corrected chi connectivity index (χ0v) is 17.7. The van der Waals surface area contributed by atoms with Crippen LogP contribution in [0.15, 0.2) is 35.3 Å². The number of rotatable bonds is 12. The standard InChI is InChI=1S/C22H38N4O2/c1-3-5-16-27-18-19-28-17-13-24-22(23-4-2)25-20-11-14-26(15-12-20)21-9-7-6-8-10-21/h6-10,20H,3-5,11-19H2,1-2H3,(H2,23,24,25). The Kier molecular flexibility index (Phi) is 11.4. The average Bonchev–Trinajstić information content (AvgIpc) is 2.74. The number of nitrogens with one attached hydrogen (secondary N) is 2. The van der Waals surface area contributed by atoms with Gasteiger partial charge in [0.2, 0.25) is 0 Å². The van der Waals surface area contributed by atoms with E-state index in [-0.39, 0.29) is 0 Å². The van der Waals surface area contributed by atoms with Crippen molar-refractivity contribution >= 4 is 11.6 Å². The van der Waals surface area contributed by atoms with Crippen LogP contribution in [0, 0.1) is 0 Å². The van der Waals surface area contributed by atoms with Crippen molar-refractivity contribution in [3.63, 3.8) is 0 Å². The lowest BCUT2D eigenvalue weighted by Gasteiger charge is -2.34. The van der Waals surface area contributed by atoms with Gasteiger partial charge in [-0.3, -0.25) is 4.99 Å². The maximum Gasteiger partial charge on any atom is 0.191 e. The molecule has 0 spiro atoms. The van der Waals surface area contributed by atoms with Crippen LogP contribution in [-0.2, 0) is 9.47 Å². The van der Waals surface area contributed by atoms with E-state index in [9.17, 15) is 0 Å². The molecule has 6 heteroatoms. The highest BCUT2D eigenvalue weighted by Crippen LogP contribution is 2.19. The van der Waals surface area contributed by atoms with Crippen LogP contribution in [0.3, 0.4) is 0 Å². The predicted molar refractivity (Wildman–Crippen MR) is 117 cm³/mol. The number of piperidine rings is 1. The third-order valence-electron chi connectivity index (χ3n) is 4.82. The number of anilines is 1. The van der Waals surface area contributed by atoms with Crippen molar-refractivity contribution in [3.05, 3.63) is 30.3 Å². The van der Waals surface area contributed by atoms with Gasteiger partial charge in [0.05, 0.1) is 26.4 Å². The predicted octanol–water partition coefficient (Wildman–Crippen LogP) is 3.04. The third-order valence-corrected chi connectivity index (χ3v) is 4.82. The first kappa shape index (κ1) is 22.5. The van der Waals surface area contributed by atoms with Gasteiger partial charge in [-0.25, -0.2) is 0 Å². The molecule has 1 aromatic rings. The normalized spacial score (nSPS) is 15.6. The molecule has 0 atom stereocenters. The number of hydrogen-bond donors (Lipinski definition) is 2. The summed E-state index contributed by atoms with van der Waals surface area (Å²) in [6.07, 6.45) is 4.52. The molecule has 0 saturated carbocycles. The maximum atomic E-state index is 5.60. The number of nitrogens with zero attached hydrogens (tertiary/aromatic N) is 2. The summed E-state index contributed by atoms with van der Waals surface area (Å²) < 4.78 is 11.1. The fourth-order valence-corrected chi connectivity index (χ4v) is 3.22. The quantitative estimate of drug-likeness (QED) is 0.326. The number of ether oxygens (including phenoxy) is 2. The molecule has 1 aromatic carbocycles. The summed E-state index contributed by atoms with van der Waals surface area (Å²) in [5, 5.41) is 6.93. The van der Waals surface area contributed by atoms with Gasteiger partial charge >= 0.3 is 0 Å². The van der Waals surface area contributed by atoms with Gasteiger partial charge in [0.1, 0.15) is 0 Å². The van der Waals surface area contributed by atoms with Crippen LogP contribution >= 0.6 is 0 Å². The van der Waals surface area contributed by atoms with Gasteiger partial charge in [-0.15, -0.1) is 0 Å². The molecule has 0 amide bonds. The van der Waals surface area contributed by atoms with Crippen LogP contribution in [0.25, 0.3) is 0 Å². The smallest absolute Gasteiger partial charge is 0.191 e. The van der Waals surface area contributed by atoms with E-state index in [1.165, 1.54) is 12.1 Å². The fraction of sp³-hybridized carbons (Fsp3) is 0.682. The number of benzene rings is 1. The Morgan fingerprint density at radius 3 is 2.43 bits per heavy atom. The minimum atomic E-state index is 0.464. The number of hydrogen-bond acceptors (Lipinski definition) is 4. The van der Waals surface area contributed by atoms with Crippen LogP contribution < -0.4 is 15.5 Å². The van der Waals surface area contributed by atoms with E-state index < -0.39 is 0 Å². The minimum Gasteiger partial charge on any atom is -0.379 e. The lowest BCUT2D eigenvalue weighted by Crippen LogP contribution is -2.48. The zero-order chi connectivity index (χ0) is 19.9. The fourth-order valence-electron chi connectivity index (χ4n) is 3.22. The van der Waals surface area contributed by atoms with Crippen molar-refractivity contribution in [1.82, 2.24) is 10.6 Å². The second kappa shape index (κ2) is 14.2. The Hall–Kier alpha value is -1.79. The minimum absolute atomic E-state index is 0.464. The molecule has 0 aliphatic carbocycles. The van der Waals surface area contributed by atoms with Gasteiger partial charge in [0.25, 0.3) is 0 Å². The van der Waals surface area contributed by atoms with Gasteiger partial charge in [0.15, 0.2) is 5.96 Å². The van der Waals surface area contributed by atoms with Crippen LogP contribution in [0.5, 0.6) is 0 Å². The van der Waals surface area contributed by atoms with Gasteiger partial charge < -0.3 is 25.0 Å². The summed E-state index contributed by atoms with van der Waals surface area (Å²) in [6.45, 7) is 10.7. The first-order valence-electron chi connectivity index (χ1n) is 10.8. The topological polar surface area (TPSA) is 58.1 Å². The number of aliphatic imine (C=N–C) groups is 1. The van der Waals surface area contributed by atoms with Gasteiger partial charge in [-0.1, -0.05) is 31.5 Å². The number of unbranched alkanes of at least 4 members (excludes halogenated alkanes) is 1. The Morgan fingerprint density at radius 1 is 1.04 bits per heavy atom. The molecule has 1 aliphatic rings. The molecule has 2 N–H and O–H groups in total. The molecule has 1 aliphatic heterocycles. The lowest BCUT2D eigenvalue weighted by molar-refractivity contribution is 0.0497. The van der Waals surface area contributed by atoms with Crippen molar-refractivity contribution in [2.45, 2.75) is 45.6 Å². The maximum absolute atomic E-state index is 5.60. The monoisotopic (exact) mass is 390 g/mol. The number of guanidine groups is 1. The Labute approximate surface area is 170 Å². The van der Waals surface area contributed by atoms with Crippen molar-refractivity contribution in [2.75, 3.05) is 57.5 Å². The van der Waals surface area contributed by atoms with Crippen molar-refractivity contribution < 1.29 is 9.47 Å². The van der Waals surface area contributed by atoms with E-state index >= 15 is 0 Å². The van der Waals surface area contributed by atoms with Crippen LogP contribution in [0.4, 0.5) is 5.69 Å². The molecular formula is C22H38N4O2. The highest BCUT2D eigenvalue weighted by Gasteiger charge is 2.20. The average molecular weight is 391 g/mol. The summed E-state index contributed by atoms with van der Waals surface area (Å²) in [7, 11) is 0. The third kappa shape index (κ3) is 8.93. The molecule has 2 rings (SSSR count). The molecule has 0 unspecified atom stereocenters. The molecule has 6 nitrogen and oxygen atoms in total. The van der Waals surface area contributed by atoms with Gasteiger partial charge in [-0.2, -0.15) is 0 Å². The first-order chi connectivity index (χ1) is 13.8. The Bertz CT molecular complexity index is 531. The zero-order valence-electron chi connectivity index (χ0n) is 17.7. The Balaban J connectivity index is 1.63. The van der Waals surface area contributed by atoms with Crippen LogP contribution in [0.2, 0.25) is 0 Å². The molecular weight excluding hydrogens is 352 g/mol. The van der Waals surface area contributed by atoms with Crippen molar-refractivity contribution in [3.8, 4) is 0 Å². The molecule has 0 aromatic heterocycles. The lowest BCUT2D eigenvalue weighted by atomic mass is 10.0. The van der Waals surface area contributed by atoms with Crippen molar-refractivity contribution in [1.29, 1.82) is 0 Å². The first-order valence-corrected chi connectivity index (χ1v) is 10.8. The van der Waals surface area contributed by atoms with E-state index in [4.69, 9.17) is 9.47 Å². The van der Waals surface area contributed by atoms with E-state index in [1.807, 2.05) is 0 Å². The highest BCUT2D eigenvalue weighted by atomic mass is 16.5. The summed E-state index contributed by atoms with van der Waals surface area (Å²) >= 11 is 0.